The lowest BCUT2D eigenvalue weighted by molar-refractivity contribution is -0.0802. The maximum absolute atomic E-state index is 12.3. The molecule has 1 aromatic heterocycles. The highest BCUT2D eigenvalue weighted by atomic mass is 32.1. The summed E-state index contributed by atoms with van der Waals surface area (Å²) < 4.78 is 1.83. The van der Waals surface area contributed by atoms with Crippen molar-refractivity contribution in [2.45, 2.75) is 38.7 Å². The fraction of sp³-hybridized carbons (Fsp3) is 0.412. The molecule has 3 rings (SSSR count). The molecule has 0 saturated carbocycles. The van der Waals surface area contributed by atoms with Gasteiger partial charge in [0.05, 0.1) is 23.4 Å². The SMILES string of the molecule is Cc1cc2n(CC(O)C(O)C(O)CO)c3[nH]c(=O)[nH]c(=O)c3nc-2c(=S)c1C. The van der Waals surface area contributed by atoms with Crippen LogP contribution in [0.1, 0.15) is 11.1 Å². The van der Waals surface area contributed by atoms with Crippen LogP contribution in [0.3, 0.4) is 0 Å². The minimum atomic E-state index is -1.65. The number of aromatic amines is 2. The summed E-state index contributed by atoms with van der Waals surface area (Å²) in [6.07, 6.45) is -4.73. The van der Waals surface area contributed by atoms with Crippen LogP contribution in [0, 0.1) is 18.4 Å². The Morgan fingerprint density at radius 3 is 2.50 bits per heavy atom. The van der Waals surface area contributed by atoms with Gasteiger partial charge in [-0.3, -0.25) is 14.8 Å². The number of hydrogen-bond donors (Lipinski definition) is 6. The molecule has 0 amide bonds. The number of nitrogens with zero attached hydrogens (tertiary/aromatic N) is 2. The van der Waals surface area contributed by atoms with E-state index in [1.165, 1.54) is 4.57 Å². The Hall–Kier alpha value is -2.44. The van der Waals surface area contributed by atoms with Gasteiger partial charge < -0.3 is 25.0 Å². The van der Waals surface area contributed by atoms with Crippen LogP contribution in [0.5, 0.6) is 0 Å². The quantitative estimate of drug-likeness (QED) is 0.230. The molecule has 0 saturated heterocycles. The van der Waals surface area contributed by atoms with Crippen molar-refractivity contribution in [3.05, 3.63) is 42.5 Å². The van der Waals surface area contributed by atoms with Crippen molar-refractivity contribution in [1.29, 1.82) is 0 Å². The van der Waals surface area contributed by atoms with Crippen molar-refractivity contribution in [2.75, 3.05) is 6.61 Å². The predicted octanol–water partition coefficient (Wildman–Crippen LogP) is -1.06. The molecule has 28 heavy (non-hydrogen) atoms. The number of aryl methyl sites for hydroxylation is 1. The van der Waals surface area contributed by atoms with Gasteiger partial charge in [0.2, 0.25) is 0 Å². The van der Waals surface area contributed by atoms with Gasteiger partial charge >= 0.3 is 5.69 Å². The second-order valence-electron chi connectivity index (χ2n) is 6.65. The molecule has 0 bridgehead atoms. The lowest BCUT2D eigenvalue weighted by atomic mass is 10.0. The van der Waals surface area contributed by atoms with Gasteiger partial charge in [0, 0.05) is 0 Å². The number of aliphatic hydroxyl groups is 4. The number of H-pyrrole nitrogens is 2. The van der Waals surface area contributed by atoms with E-state index in [1.54, 1.807) is 6.07 Å². The van der Waals surface area contributed by atoms with Gasteiger partial charge in [0.15, 0.2) is 5.52 Å². The Kier molecular flexibility index (Phi) is 5.46. The van der Waals surface area contributed by atoms with E-state index in [1.807, 2.05) is 13.8 Å². The van der Waals surface area contributed by atoms with Crippen LogP contribution in [0.25, 0.3) is 22.6 Å². The number of aliphatic hydroxyl groups excluding tert-OH is 4. The minimum Gasteiger partial charge on any atom is -0.394 e. The van der Waals surface area contributed by atoms with Crippen molar-refractivity contribution >= 4 is 23.4 Å². The number of aromatic nitrogens is 4. The van der Waals surface area contributed by atoms with Crippen LogP contribution < -0.4 is 11.2 Å². The molecule has 11 heteroatoms. The molecule has 0 aromatic carbocycles. The zero-order chi connectivity index (χ0) is 20.7. The van der Waals surface area contributed by atoms with Crippen LogP contribution in [-0.2, 0) is 6.54 Å². The highest BCUT2D eigenvalue weighted by Crippen LogP contribution is 2.28. The van der Waals surface area contributed by atoms with Crippen LogP contribution in [0.2, 0.25) is 0 Å². The van der Waals surface area contributed by atoms with Crippen LogP contribution >= 0.6 is 12.2 Å². The molecule has 10 nitrogen and oxygen atoms in total. The normalized spacial score (nSPS) is 15.1. The zero-order valence-electron chi connectivity index (χ0n) is 15.1. The van der Waals surface area contributed by atoms with Gasteiger partial charge in [-0.15, -0.1) is 0 Å². The largest absolute Gasteiger partial charge is 0.394 e. The number of rotatable bonds is 5. The van der Waals surface area contributed by atoms with Crippen molar-refractivity contribution in [1.82, 2.24) is 19.5 Å². The number of fused-ring (bicyclic) bond motifs is 2. The molecule has 0 spiro atoms. The first-order valence-electron chi connectivity index (χ1n) is 8.47. The van der Waals surface area contributed by atoms with Crippen molar-refractivity contribution < 1.29 is 20.4 Å². The first-order chi connectivity index (χ1) is 13.1. The fourth-order valence-electron chi connectivity index (χ4n) is 3.02. The molecule has 3 atom stereocenters. The van der Waals surface area contributed by atoms with Gasteiger partial charge in [-0.1, -0.05) is 12.2 Å². The van der Waals surface area contributed by atoms with E-state index in [9.17, 15) is 24.9 Å². The summed E-state index contributed by atoms with van der Waals surface area (Å²) in [6.45, 7) is 2.61. The van der Waals surface area contributed by atoms with Gasteiger partial charge in [-0.05, 0) is 31.0 Å². The molecule has 2 heterocycles. The summed E-state index contributed by atoms with van der Waals surface area (Å²) in [7, 11) is 0. The Balaban J connectivity index is 2.35. The summed E-state index contributed by atoms with van der Waals surface area (Å²) in [6, 6.07) is 1.74. The number of hydrogen-bond acceptors (Lipinski definition) is 8. The van der Waals surface area contributed by atoms with Crippen molar-refractivity contribution in [3.8, 4) is 11.4 Å². The highest BCUT2D eigenvalue weighted by molar-refractivity contribution is 7.71. The van der Waals surface area contributed by atoms with E-state index in [2.05, 4.69) is 15.0 Å². The van der Waals surface area contributed by atoms with Gasteiger partial charge in [0.1, 0.15) is 29.7 Å². The first-order valence-corrected chi connectivity index (χ1v) is 8.88. The molecule has 0 radical (unpaired) electrons. The van der Waals surface area contributed by atoms with E-state index in [0.717, 1.165) is 11.1 Å². The van der Waals surface area contributed by atoms with Crippen LogP contribution in [0.4, 0.5) is 0 Å². The molecule has 3 unspecified atom stereocenters. The van der Waals surface area contributed by atoms with E-state index >= 15 is 0 Å². The summed E-state index contributed by atoms with van der Waals surface area (Å²) in [4.78, 5) is 32.9. The van der Waals surface area contributed by atoms with Crippen LogP contribution in [0.15, 0.2) is 15.7 Å². The topological polar surface area (TPSA) is 164 Å². The van der Waals surface area contributed by atoms with Crippen molar-refractivity contribution in [3.63, 3.8) is 0 Å². The predicted molar refractivity (Wildman–Crippen MR) is 103 cm³/mol. The fourth-order valence-corrected chi connectivity index (χ4v) is 3.33. The lowest BCUT2D eigenvalue weighted by Crippen LogP contribution is -2.42. The summed E-state index contributed by atoms with van der Waals surface area (Å²) in [5.41, 5.74) is 0.851. The number of nitrogens with one attached hydrogen (secondary N) is 2. The molecule has 1 aliphatic carbocycles. The molecular formula is C17H20N4O6S. The average Bonchev–Trinajstić information content (AvgIpc) is 2.65. The molecular weight excluding hydrogens is 388 g/mol. The van der Waals surface area contributed by atoms with E-state index in [-0.39, 0.29) is 17.7 Å². The third-order valence-corrected chi connectivity index (χ3v) is 5.27. The lowest BCUT2D eigenvalue weighted by Gasteiger charge is -2.25. The molecule has 1 aromatic rings. The van der Waals surface area contributed by atoms with E-state index < -0.39 is 36.2 Å². The van der Waals surface area contributed by atoms with Gasteiger partial charge in [-0.2, -0.15) is 0 Å². The summed E-state index contributed by atoms with van der Waals surface area (Å²) in [5, 5.41) is 39.0. The Labute approximate surface area is 163 Å². The Bertz CT molecular complexity index is 1180. The second-order valence-corrected chi connectivity index (χ2v) is 7.06. The van der Waals surface area contributed by atoms with Crippen LogP contribution in [-0.4, -0.2) is 64.9 Å². The average molecular weight is 408 g/mol. The van der Waals surface area contributed by atoms with E-state index in [0.29, 0.717) is 15.9 Å². The maximum atomic E-state index is 12.3. The second kappa shape index (κ2) is 7.53. The van der Waals surface area contributed by atoms with Gasteiger partial charge in [0.25, 0.3) is 5.56 Å². The van der Waals surface area contributed by atoms with Gasteiger partial charge in [-0.25, -0.2) is 9.78 Å². The summed E-state index contributed by atoms with van der Waals surface area (Å²) in [5.74, 6) is 0. The summed E-state index contributed by atoms with van der Waals surface area (Å²) >= 11 is 5.45. The van der Waals surface area contributed by atoms with Crippen molar-refractivity contribution in [2.24, 2.45) is 0 Å². The maximum Gasteiger partial charge on any atom is 0.327 e. The molecule has 150 valence electrons. The van der Waals surface area contributed by atoms with E-state index in [4.69, 9.17) is 17.3 Å². The Morgan fingerprint density at radius 1 is 1.18 bits per heavy atom. The smallest absolute Gasteiger partial charge is 0.327 e. The highest BCUT2D eigenvalue weighted by Gasteiger charge is 2.27. The third-order valence-electron chi connectivity index (χ3n) is 4.77. The first kappa shape index (κ1) is 20.3. The minimum absolute atomic E-state index is 0.0311. The molecule has 1 aliphatic heterocycles. The standard InChI is InChI=1S/C17H20N4O6S/c1-6-3-8-11(14(28)7(6)2)18-12-15(19-17(27)20-16(12)26)21(8)4-9(23)13(25)10(24)5-22/h3,9-10,13,22-25H,4-5H2,1-2H3,(H2,19,20,26,27). The number of benzene rings is 1. The zero-order valence-corrected chi connectivity index (χ0v) is 15.9. The molecule has 2 aliphatic rings. The Morgan fingerprint density at radius 2 is 1.86 bits per heavy atom. The molecule has 0 fully saturated rings. The molecule has 6 N–H and O–H groups in total. The monoisotopic (exact) mass is 408 g/mol. The third kappa shape index (κ3) is 3.38.